The van der Waals surface area contributed by atoms with Crippen LogP contribution in [0.15, 0.2) is 47.5 Å². The second-order valence-corrected chi connectivity index (χ2v) is 8.70. The lowest BCUT2D eigenvalue weighted by atomic mass is 10.1. The van der Waals surface area contributed by atoms with Crippen LogP contribution in [0.3, 0.4) is 0 Å². The molecule has 6 nitrogen and oxygen atoms in total. The Bertz CT molecular complexity index is 892. The number of halogens is 1. The number of nitrogens with one attached hydrogen (secondary N) is 1. The molecular weight excluding hydrogens is 374 g/mol. The minimum atomic E-state index is -3.50. The van der Waals surface area contributed by atoms with E-state index in [2.05, 4.69) is 10.3 Å². The van der Waals surface area contributed by atoms with Gasteiger partial charge >= 0.3 is 0 Å². The van der Waals surface area contributed by atoms with Gasteiger partial charge in [-0.15, -0.1) is 0 Å². The van der Waals surface area contributed by atoms with Gasteiger partial charge in [-0.1, -0.05) is 29.3 Å². The van der Waals surface area contributed by atoms with E-state index in [1.165, 1.54) is 16.6 Å². The normalized spacial score (nSPS) is 16.4. The second kappa shape index (κ2) is 7.73. The number of aromatic nitrogens is 1. The Balaban J connectivity index is 1.60. The molecule has 2 aromatic rings. The molecular formula is C18H20ClN3O3S. The third kappa shape index (κ3) is 4.23. The topological polar surface area (TPSA) is 79.4 Å². The molecule has 8 heteroatoms. The summed E-state index contributed by atoms with van der Waals surface area (Å²) >= 11 is 5.88. The third-order valence-corrected chi connectivity index (χ3v) is 6.55. The van der Waals surface area contributed by atoms with E-state index in [0.717, 1.165) is 5.56 Å². The third-order valence-electron chi connectivity index (χ3n) is 4.40. The summed E-state index contributed by atoms with van der Waals surface area (Å²) in [6.45, 7) is 2.65. The van der Waals surface area contributed by atoms with Gasteiger partial charge in [0.15, 0.2) is 0 Å². The quantitative estimate of drug-likeness (QED) is 0.865. The number of amides is 1. The Morgan fingerprint density at radius 1 is 1.19 bits per heavy atom. The van der Waals surface area contributed by atoms with Crippen LogP contribution in [-0.4, -0.2) is 42.7 Å². The summed E-state index contributed by atoms with van der Waals surface area (Å²) in [7, 11) is -3.50. The van der Waals surface area contributed by atoms with Gasteiger partial charge < -0.3 is 5.32 Å². The number of benzene rings is 1. The van der Waals surface area contributed by atoms with Crippen LogP contribution in [0.5, 0.6) is 0 Å². The van der Waals surface area contributed by atoms with Crippen molar-refractivity contribution in [3.63, 3.8) is 0 Å². The van der Waals surface area contributed by atoms with Gasteiger partial charge in [-0.05, 0) is 44.0 Å². The molecule has 1 aliphatic heterocycles. The highest BCUT2D eigenvalue weighted by atomic mass is 35.5. The average Bonchev–Trinajstić information content (AvgIpc) is 2.62. The molecule has 0 aliphatic carbocycles. The minimum Gasteiger partial charge on any atom is -0.348 e. The molecule has 1 aromatic carbocycles. The van der Waals surface area contributed by atoms with E-state index in [1.807, 2.05) is 6.92 Å². The standard InChI is InChI=1S/C18H20ClN3O3S/c1-13-2-4-16(5-3-13)26(24,25)22-10-7-15(8-11-22)21-18(23)17-12-14(19)6-9-20-17/h2-6,9,12,15H,7-8,10-11H2,1H3,(H,21,23). The van der Waals surface area contributed by atoms with Crippen LogP contribution >= 0.6 is 11.6 Å². The molecule has 1 N–H and O–H groups in total. The van der Waals surface area contributed by atoms with Gasteiger partial charge in [-0.2, -0.15) is 4.31 Å². The summed E-state index contributed by atoms with van der Waals surface area (Å²) in [6, 6.07) is 9.86. The molecule has 138 valence electrons. The molecule has 26 heavy (non-hydrogen) atoms. The molecule has 2 heterocycles. The van der Waals surface area contributed by atoms with Crippen molar-refractivity contribution in [3.8, 4) is 0 Å². The number of sulfonamides is 1. The summed E-state index contributed by atoms with van der Waals surface area (Å²) in [4.78, 5) is 16.5. The number of hydrogen-bond acceptors (Lipinski definition) is 4. The first-order valence-electron chi connectivity index (χ1n) is 8.35. The number of piperidine rings is 1. The van der Waals surface area contributed by atoms with Crippen molar-refractivity contribution in [2.75, 3.05) is 13.1 Å². The molecule has 3 rings (SSSR count). The first kappa shape index (κ1) is 18.8. The van der Waals surface area contributed by atoms with Crippen LogP contribution in [-0.2, 0) is 10.0 Å². The molecule has 1 aromatic heterocycles. The predicted molar refractivity (Wildman–Crippen MR) is 99.7 cm³/mol. The zero-order chi connectivity index (χ0) is 18.7. The molecule has 0 unspecified atom stereocenters. The van der Waals surface area contributed by atoms with Crippen LogP contribution in [0.4, 0.5) is 0 Å². The van der Waals surface area contributed by atoms with Gasteiger partial charge in [-0.3, -0.25) is 9.78 Å². The highest BCUT2D eigenvalue weighted by Crippen LogP contribution is 2.21. The average molecular weight is 394 g/mol. The number of aryl methyl sites for hydroxylation is 1. The highest BCUT2D eigenvalue weighted by molar-refractivity contribution is 7.89. The fourth-order valence-electron chi connectivity index (χ4n) is 2.89. The number of rotatable bonds is 4. The maximum Gasteiger partial charge on any atom is 0.270 e. The minimum absolute atomic E-state index is 0.0900. The van der Waals surface area contributed by atoms with Crippen LogP contribution in [0.1, 0.15) is 28.9 Å². The fraction of sp³-hybridized carbons (Fsp3) is 0.333. The number of hydrogen-bond donors (Lipinski definition) is 1. The van der Waals surface area contributed by atoms with Crippen molar-refractivity contribution >= 4 is 27.5 Å². The van der Waals surface area contributed by atoms with Gasteiger partial charge in [0, 0.05) is 30.4 Å². The van der Waals surface area contributed by atoms with Gasteiger partial charge in [0.05, 0.1) is 4.90 Å². The summed E-state index contributed by atoms with van der Waals surface area (Å²) in [6.07, 6.45) is 2.59. The van der Waals surface area contributed by atoms with E-state index in [9.17, 15) is 13.2 Å². The summed E-state index contributed by atoms with van der Waals surface area (Å²) in [5.74, 6) is -0.299. The van der Waals surface area contributed by atoms with Crippen molar-refractivity contribution < 1.29 is 13.2 Å². The smallest absolute Gasteiger partial charge is 0.270 e. The Morgan fingerprint density at radius 3 is 2.46 bits per heavy atom. The zero-order valence-electron chi connectivity index (χ0n) is 14.4. The van der Waals surface area contributed by atoms with Crippen LogP contribution < -0.4 is 5.32 Å². The van der Waals surface area contributed by atoms with Crippen molar-refractivity contribution in [3.05, 3.63) is 58.9 Å². The SMILES string of the molecule is Cc1ccc(S(=O)(=O)N2CCC(NC(=O)c3cc(Cl)ccn3)CC2)cc1. The van der Waals surface area contributed by atoms with Gasteiger partial charge in [0.25, 0.3) is 5.91 Å². The Kier molecular flexibility index (Phi) is 5.60. The van der Waals surface area contributed by atoms with E-state index in [4.69, 9.17) is 11.6 Å². The van der Waals surface area contributed by atoms with E-state index in [0.29, 0.717) is 35.8 Å². The van der Waals surface area contributed by atoms with Gasteiger partial charge in [0.1, 0.15) is 5.69 Å². The van der Waals surface area contributed by atoms with Crippen LogP contribution in [0, 0.1) is 6.92 Å². The Labute approximate surface area is 158 Å². The first-order chi connectivity index (χ1) is 12.4. The lowest BCUT2D eigenvalue weighted by Crippen LogP contribution is -2.46. The highest BCUT2D eigenvalue weighted by Gasteiger charge is 2.30. The molecule has 0 saturated carbocycles. The number of carbonyl (C=O) groups is 1. The molecule has 1 amide bonds. The van der Waals surface area contributed by atoms with Crippen molar-refractivity contribution in [2.24, 2.45) is 0 Å². The van der Waals surface area contributed by atoms with Gasteiger partial charge in [-0.25, -0.2) is 8.42 Å². The zero-order valence-corrected chi connectivity index (χ0v) is 15.9. The van der Waals surface area contributed by atoms with E-state index < -0.39 is 10.0 Å². The molecule has 1 aliphatic rings. The largest absolute Gasteiger partial charge is 0.348 e. The molecule has 1 saturated heterocycles. The molecule has 0 radical (unpaired) electrons. The van der Waals surface area contributed by atoms with Crippen LogP contribution in [0.2, 0.25) is 5.02 Å². The summed E-state index contributed by atoms with van der Waals surface area (Å²) in [5, 5.41) is 3.35. The first-order valence-corrected chi connectivity index (χ1v) is 10.2. The number of nitrogens with zero attached hydrogens (tertiary/aromatic N) is 2. The molecule has 0 spiro atoms. The lowest BCUT2D eigenvalue weighted by molar-refractivity contribution is 0.0919. The Hall–Kier alpha value is -1.96. The van der Waals surface area contributed by atoms with E-state index in [-0.39, 0.29) is 17.6 Å². The second-order valence-electron chi connectivity index (χ2n) is 6.32. The maximum atomic E-state index is 12.7. The summed E-state index contributed by atoms with van der Waals surface area (Å²) < 4.78 is 26.9. The van der Waals surface area contributed by atoms with Crippen molar-refractivity contribution in [1.29, 1.82) is 0 Å². The molecule has 0 bridgehead atoms. The fourth-order valence-corrected chi connectivity index (χ4v) is 4.52. The molecule has 0 atom stereocenters. The van der Waals surface area contributed by atoms with E-state index in [1.54, 1.807) is 30.3 Å². The Morgan fingerprint density at radius 2 is 1.85 bits per heavy atom. The maximum absolute atomic E-state index is 12.7. The predicted octanol–water partition coefficient (Wildman–Crippen LogP) is 2.63. The van der Waals surface area contributed by atoms with Crippen molar-refractivity contribution in [1.82, 2.24) is 14.6 Å². The van der Waals surface area contributed by atoms with Crippen LogP contribution in [0.25, 0.3) is 0 Å². The number of pyridine rings is 1. The van der Waals surface area contributed by atoms with Gasteiger partial charge in [0.2, 0.25) is 10.0 Å². The van der Waals surface area contributed by atoms with Crippen molar-refractivity contribution in [2.45, 2.75) is 30.7 Å². The number of carbonyl (C=O) groups excluding carboxylic acids is 1. The summed E-state index contributed by atoms with van der Waals surface area (Å²) in [5.41, 5.74) is 1.27. The monoisotopic (exact) mass is 393 g/mol. The lowest BCUT2D eigenvalue weighted by Gasteiger charge is -2.31. The van der Waals surface area contributed by atoms with E-state index >= 15 is 0 Å². The molecule has 1 fully saturated rings.